The maximum Gasteiger partial charge on any atom is 0.302 e. The fraction of sp³-hybridized carbons (Fsp3) is 0.222. The SMILES string of the molecule is CC(=O)OCCc1ccccc1OCc1cc(-c2cccc(CCN)c2)c2occc2c1. The Labute approximate surface area is 187 Å². The minimum Gasteiger partial charge on any atom is -0.489 e. The quantitative estimate of drug-likeness (QED) is 0.366. The molecule has 164 valence electrons. The molecular weight excluding hydrogens is 402 g/mol. The van der Waals surface area contributed by atoms with Crippen molar-refractivity contribution in [3.05, 3.63) is 89.7 Å². The van der Waals surface area contributed by atoms with Gasteiger partial charge in [0.15, 0.2) is 0 Å². The van der Waals surface area contributed by atoms with Gasteiger partial charge in [-0.15, -0.1) is 0 Å². The second kappa shape index (κ2) is 10.2. The third-order valence-electron chi connectivity index (χ3n) is 5.33. The molecule has 4 aromatic rings. The van der Waals surface area contributed by atoms with E-state index in [1.807, 2.05) is 30.3 Å². The zero-order chi connectivity index (χ0) is 22.3. The van der Waals surface area contributed by atoms with Crippen LogP contribution in [0.1, 0.15) is 23.6 Å². The van der Waals surface area contributed by atoms with Gasteiger partial charge in [-0.05, 0) is 59.5 Å². The van der Waals surface area contributed by atoms with E-state index in [1.54, 1.807) is 6.26 Å². The van der Waals surface area contributed by atoms with Crippen molar-refractivity contribution in [2.75, 3.05) is 13.2 Å². The lowest BCUT2D eigenvalue weighted by atomic mass is 9.98. The van der Waals surface area contributed by atoms with Crippen LogP contribution in [0.15, 0.2) is 77.4 Å². The van der Waals surface area contributed by atoms with Crippen molar-refractivity contribution in [1.29, 1.82) is 0 Å². The Morgan fingerprint density at radius 2 is 1.84 bits per heavy atom. The van der Waals surface area contributed by atoms with Gasteiger partial charge in [-0.2, -0.15) is 0 Å². The second-order valence-electron chi connectivity index (χ2n) is 7.71. The van der Waals surface area contributed by atoms with Gasteiger partial charge in [0.1, 0.15) is 17.9 Å². The number of rotatable bonds is 9. The summed E-state index contributed by atoms with van der Waals surface area (Å²) in [6.45, 7) is 2.78. The molecule has 2 N–H and O–H groups in total. The average Bonchev–Trinajstić information content (AvgIpc) is 3.27. The molecule has 0 fully saturated rings. The summed E-state index contributed by atoms with van der Waals surface area (Å²) in [6.07, 6.45) is 3.16. The predicted octanol–water partition coefficient (Wildman–Crippen LogP) is 5.29. The molecule has 1 heterocycles. The van der Waals surface area contributed by atoms with Gasteiger partial charge in [0.25, 0.3) is 0 Å². The van der Waals surface area contributed by atoms with Gasteiger partial charge in [0.05, 0.1) is 12.9 Å². The molecule has 32 heavy (non-hydrogen) atoms. The number of carbonyl (C=O) groups excluding carboxylic acids is 1. The molecule has 0 atom stereocenters. The molecule has 4 rings (SSSR count). The lowest BCUT2D eigenvalue weighted by Gasteiger charge is -2.13. The summed E-state index contributed by atoms with van der Waals surface area (Å²) < 4.78 is 17.1. The number of hydrogen-bond donors (Lipinski definition) is 1. The zero-order valence-electron chi connectivity index (χ0n) is 18.2. The standard InChI is InChI=1S/C27H27NO4/c1-19(29)30-13-10-22-6-2-3-8-26(22)32-18-21-16-24-11-14-31-27(24)25(17-21)23-7-4-5-20(15-23)9-12-28/h2-8,11,14-17H,9-10,12-13,18,28H2,1H3. The third kappa shape index (κ3) is 5.18. The smallest absolute Gasteiger partial charge is 0.302 e. The van der Waals surface area contributed by atoms with Crippen LogP contribution in [-0.2, 0) is 29.0 Å². The Bertz CT molecular complexity index is 1210. The fourth-order valence-corrected chi connectivity index (χ4v) is 3.82. The average molecular weight is 430 g/mol. The summed E-state index contributed by atoms with van der Waals surface area (Å²) in [5.41, 5.74) is 12.0. The molecule has 0 aliphatic rings. The van der Waals surface area contributed by atoms with Crippen LogP contribution in [0.4, 0.5) is 0 Å². The first-order valence-electron chi connectivity index (χ1n) is 10.8. The molecule has 0 spiro atoms. The Kier molecular flexibility index (Phi) is 6.87. The van der Waals surface area contributed by atoms with Gasteiger partial charge >= 0.3 is 5.97 Å². The summed E-state index contributed by atoms with van der Waals surface area (Å²) in [5, 5.41) is 1.04. The highest BCUT2D eigenvalue weighted by atomic mass is 16.5. The van der Waals surface area contributed by atoms with Gasteiger partial charge < -0.3 is 19.6 Å². The van der Waals surface area contributed by atoms with Crippen LogP contribution in [0.2, 0.25) is 0 Å². The molecule has 5 heteroatoms. The molecule has 0 saturated carbocycles. The van der Waals surface area contributed by atoms with Crippen LogP contribution >= 0.6 is 0 Å². The first-order chi connectivity index (χ1) is 15.6. The van der Waals surface area contributed by atoms with Gasteiger partial charge in [-0.25, -0.2) is 0 Å². The Morgan fingerprint density at radius 1 is 0.969 bits per heavy atom. The molecule has 1 aromatic heterocycles. The van der Waals surface area contributed by atoms with Gasteiger partial charge in [-0.1, -0.05) is 42.5 Å². The number of hydrogen-bond acceptors (Lipinski definition) is 5. The topological polar surface area (TPSA) is 74.7 Å². The number of ether oxygens (including phenoxy) is 2. The highest BCUT2D eigenvalue weighted by Gasteiger charge is 2.12. The van der Waals surface area contributed by atoms with E-state index in [4.69, 9.17) is 19.6 Å². The molecule has 0 aliphatic heterocycles. The van der Waals surface area contributed by atoms with E-state index < -0.39 is 0 Å². The normalized spacial score (nSPS) is 10.9. The van der Waals surface area contributed by atoms with E-state index >= 15 is 0 Å². The summed E-state index contributed by atoms with van der Waals surface area (Å²) in [6, 6.07) is 22.4. The van der Waals surface area contributed by atoms with Crippen LogP contribution in [0.25, 0.3) is 22.1 Å². The van der Waals surface area contributed by atoms with Crippen molar-refractivity contribution in [2.45, 2.75) is 26.4 Å². The molecule has 0 radical (unpaired) electrons. The van der Waals surface area contributed by atoms with Gasteiger partial charge in [0, 0.05) is 24.3 Å². The van der Waals surface area contributed by atoms with Crippen molar-refractivity contribution in [3.8, 4) is 16.9 Å². The molecule has 0 unspecified atom stereocenters. The molecular formula is C27H27NO4. The van der Waals surface area contributed by atoms with Crippen LogP contribution in [0.3, 0.4) is 0 Å². The molecule has 0 amide bonds. The lowest BCUT2D eigenvalue weighted by molar-refractivity contribution is -0.140. The summed E-state index contributed by atoms with van der Waals surface area (Å²) in [5.74, 6) is 0.512. The van der Waals surface area contributed by atoms with Crippen LogP contribution in [-0.4, -0.2) is 19.1 Å². The van der Waals surface area contributed by atoms with Crippen LogP contribution < -0.4 is 10.5 Å². The number of esters is 1. The van der Waals surface area contributed by atoms with E-state index in [2.05, 4.69) is 36.4 Å². The first kappa shape index (κ1) is 21.7. The lowest BCUT2D eigenvalue weighted by Crippen LogP contribution is -2.05. The van der Waals surface area contributed by atoms with E-state index in [1.165, 1.54) is 12.5 Å². The number of furan rings is 1. The van der Waals surface area contributed by atoms with E-state index in [9.17, 15) is 4.79 Å². The summed E-state index contributed by atoms with van der Waals surface area (Å²) in [4.78, 5) is 11.1. The minimum atomic E-state index is -0.278. The molecule has 0 bridgehead atoms. The monoisotopic (exact) mass is 429 g/mol. The largest absolute Gasteiger partial charge is 0.489 e. The van der Waals surface area contributed by atoms with Gasteiger partial charge in [0.2, 0.25) is 0 Å². The van der Waals surface area contributed by atoms with Crippen molar-refractivity contribution in [3.63, 3.8) is 0 Å². The Balaban J connectivity index is 1.58. The molecule has 0 aliphatic carbocycles. The number of benzene rings is 3. The molecule has 0 saturated heterocycles. The highest BCUT2D eigenvalue weighted by Crippen LogP contribution is 2.32. The van der Waals surface area contributed by atoms with Crippen molar-refractivity contribution in [2.24, 2.45) is 5.73 Å². The number of nitrogens with two attached hydrogens (primary N) is 1. The maximum atomic E-state index is 11.1. The Hall–Kier alpha value is -3.57. The number of para-hydroxylation sites is 1. The van der Waals surface area contributed by atoms with E-state index in [0.717, 1.165) is 45.4 Å². The fourth-order valence-electron chi connectivity index (χ4n) is 3.82. The Morgan fingerprint density at radius 3 is 2.69 bits per heavy atom. The summed E-state index contributed by atoms with van der Waals surface area (Å²) >= 11 is 0. The van der Waals surface area contributed by atoms with Crippen LogP contribution in [0.5, 0.6) is 5.75 Å². The second-order valence-corrected chi connectivity index (χ2v) is 7.71. The van der Waals surface area contributed by atoms with Crippen molar-refractivity contribution >= 4 is 16.9 Å². The number of carbonyl (C=O) groups is 1. The number of fused-ring (bicyclic) bond motifs is 1. The molecule has 3 aromatic carbocycles. The van der Waals surface area contributed by atoms with E-state index in [-0.39, 0.29) is 5.97 Å². The molecule has 5 nitrogen and oxygen atoms in total. The van der Waals surface area contributed by atoms with Crippen molar-refractivity contribution < 1.29 is 18.7 Å². The highest BCUT2D eigenvalue weighted by molar-refractivity contribution is 5.93. The summed E-state index contributed by atoms with van der Waals surface area (Å²) in [7, 11) is 0. The van der Waals surface area contributed by atoms with E-state index in [0.29, 0.717) is 26.2 Å². The minimum absolute atomic E-state index is 0.278. The predicted molar refractivity (Wildman–Crippen MR) is 126 cm³/mol. The first-order valence-corrected chi connectivity index (χ1v) is 10.8. The third-order valence-corrected chi connectivity index (χ3v) is 5.33. The van der Waals surface area contributed by atoms with Crippen molar-refractivity contribution in [1.82, 2.24) is 0 Å². The van der Waals surface area contributed by atoms with Crippen LogP contribution in [0, 0.1) is 0 Å². The zero-order valence-corrected chi connectivity index (χ0v) is 18.2. The maximum absolute atomic E-state index is 11.1. The van der Waals surface area contributed by atoms with Gasteiger partial charge in [-0.3, -0.25) is 4.79 Å².